The van der Waals surface area contributed by atoms with E-state index in [0.717, 1.165) is 16.3 Å². The van der Waals surface area contributed by atoms with Crippen LogP contribution in [0.25, 0.3) is 0 Å². The van der Waals surface area contributed by atoms with Gasteiger partial charge in [0.1, 0.15) is 0 Å². The highest BCUT2D eigenvalue weighted by atomic mass is 35.5. The van der Waals surface area contributed by atoms with E-state index in [2.05, 4.69) is 18.9 Å². The van der Waals surface area contributed by atoms with Crippen LogP contribution in [-0.2, 0) is 6.61 Å². The first-order chi connectivity index (χ1) is 9.11. The summed E-state index contributed by atoms with van der Waals surface area (Å²) in [6.07, 6.45) is 0. The van der Waals surface area contributed by atoms with Crippen molar-refractivity contribution in [2.75, 3.05) is 11.9 Å². The molecule has 0 aliphatic heterocycles. The van der Waals surface area contributed by atoms with Crippen LogP contribution < -0.4 is 4.90 Å². The van der Waals surface area contributed by atoms with E-state index in [1.165, 1.54) is 5.56 Å². The molecule has 100 valence electrons. The lowest BCUT2D eigenvalue weighted by molar-refractivity contribution is 0.282. The molecule has 3 heteroatoms. The molecule has 1 N–H and O–H groups in total. The van der Waals surface area contributed by atoms with Gasteiger partial charge in [0.05, 0.1) is 12.6 Å². The number of aliphatic hydroxyl groups excluding tert-OH is 1. The monoisotopic (exact) mass is 275 g/mol. The van der Waals surface area contributed by atoms with Crippen molar-refractivity contribution in [3.63, 3.8) is 0 Å². The van der Waals surface area contributed by atoms with Gasteiger partial charge in [0.2, 0.25) is 0 Å². The molecule has 0 saturated heterocycles. The second-order valence-electron chi connectivity index (χ2n) is 4.66. The van der Waals surface area contributed by atoms with Crippen LogP contribution in [0.5, 0.6) is 0 Å². The third-order valence-electron chi connectivity index (χ3n) is 3.46. The minimum atomic E-state index is 0.0801. The third kappa shape index (κ3) is 3.28. The number of aliphatic hydroxyl groups is 1. The molecule has 0 radical (unpaired) electrons. The molecule has 0 bridgehead atoms. The second-order valence-corrected chi connectivity index (χ2v) is 5.10. The van der Waals surface area contributed by atoms with E-state index in [9.17, 15) is 0 Å². The SMILES string of the molecule is CC(c1ccc(Cl)cc1)N(C)c1ccc(CO)cc1. The number of benzene rings is 2. The fourth-order valence-electron chi connectivity index (χ4n) is 2.03. The number of hydrogen-bond acceptors (Lipinski definition) is 2. The van der Waals surface area contributed by atoms with Gasteiger partial charge in [-0.05, 0) is 42.3 Å². The Hall–Kier alpha value is -1.51. The number of hydrogen-bond donors (Lipinski definition) is 1. The highest BCUT2D eigenvalue weighted by Gasteiger charge is 2.12. The van der Waals surface area contributed by atoms with Gasteiger partial charge < -0.3 is 10.0 Å². The topological polar surface area (TPSA) is 23.5 Å². The van der Waals surface area contributed by atoms with Crippen LogP contribution >= 0.6 is 11.6 Å². The largest absolute Gasteiger partial charge is 0.392 e. The van der Waals surface area contributed by atoms with Gasteiger partial charge in [-0.1, -0.05) is 35.9 Å². The second kappa shape index (κ2) is 6.09. The van der Waals surface area contributed by atoms with Crippen molar-refractivity contribution in [3.8, 4) is 0 Å². The number of rotatable bonds is 4. The van der Waals surface area contributed by atoms with Crippen LogP contribution in [0.3, 0.4) is 0 Å². The third-order valence-corrected chi connectivity index (χ3v) is 3.71. The van der Waals surface area contributed by atoms with E-state index in [1.54, 1.807) is 0 Å². The van der Waals surface area contributed by atoms with Crippen LogP contribution in [0.2, 0.25) is 5.02 Å². The van der Waals surface area contributed by atoms with E-state index in [-0.39, 0.29) is 12.6 Å². The molecule has 0 aliphatic carbocycles. The smallest absolute Gasteiger partial charge is 0.0681 e. The Bertz CT molecular complexity index is 521. The molecule has 0 heterocycles. The maximum Gasteiger partial charge on any atom is 0.0681 e. The van der Waals surface area contributed by atoms with Crippen molar-refractivity contribution in [2.24, 2.45) is 0 Å². The molecule has 0 fully saturated rings. The molecule has 0 aromatic heterocycles. The highest BCUT2D eigenvalue weighted by molar-refractivity contribution is 6.30. The van der Waals surface area contributed by atoms with Gasteiger partial charge in [-0.3, -0.25) is 0 Å². The van der Waals surface area contributed by atoms with E-state index in [4.69, 9.17) is 16.7 Å². The van der Waals surface area contributed by atoms with Crippen LogP contribution in [0.15, 0.2) is 48.5 Å². The van der Waals surface area contributed by atoms with Crippen molar-refractivity contribution < 1.29 is 5.11 Å². The molecule has 2 rings (SSSR count). The Morgan fingerprint density at radius 1 is 1.05 bits per heavy atom. The molecule has 1 atom stereocenters. The maximum atomic E-state index is 9.05. The Kier molecular flexibility index (Phi) is 4.46. The Balaban J connectivity index is 2.17. The molecule has 0 saturated carbocycles. The van der Waals surface area contributed by atoms with E-state index < -0.39 is 0 Å². The summed E-state index contributed by atoms with van der Waals surface area (Å²) in [6.45, 7) is 2.24. The number of nitrogens with zero attached hydrogens (tertiary/aromatic N) is 1. The summed E-state index contributed by atoms with van der Waals surface area (Å²) < 4.78 is 0. The number of halogens is 1. The van der Waals surface area contributed by atoms with Crippen molar-refractivity contribution in [1.29, 1.82) is 0 Å². The fourth-order valence-corrected chi connectivity index (χ4v) is 2.15. The zero-order chi connectivity index (χ0) is 13.8. The van der Waals surface area contributed by atoms with E-state index in [1.807, 2.05) is 48.5 Å². The van der Waals surface area contributed by atoms with Gasteiger partial charge >= 0.3 is 0 Å². The lowest BCUT2D eigenvalue weighted by atomic mass is 10.1. The molecule has 2 aromatic carbocycles. The van der Waals surface area contributed by atoms with Crippen molar-refractivity contribution in [1.82, 2.24) is 0 Å². The summed E-state index contributed by atoms with van der Waals surface area (Å²) in [6, 6.07) is 16.1. The van der Waals surface area contributed by atoms with Gasteiger partial charge in [0, 0.05) is 17.8 Å². The van der Waals surface area contributed by atoms with Gasteiger partial charge in [0.15, 0.2) is 0 Å². The average molecular weight is 276 g/mol. The number of anilines is 1. The molecule has 1 unspecified atom stereocenters. The van der Waals surface area contributed by atoms with Crippen LogP contribution in [0, 0.1) is 0 Å². The summed E-state index contributed by atoms with van der Waals surface area (Å²) >= 11 is 5.91. The van der Waals surface area contributed by atoms with Crippen LogP contribution in [-0.4, -0.2) is 12.2 Å². The first kappa shape index (κ1) is 13.9. The average Bonchev–Trinajstić information content (AvgIpc) is 2.46. The molecule has 19 heavy (non-hydrogen) atoms. The van der Waals surface area contributed by atoms with E-state index >= 15 is 0 Å². The molecule has 0 spiro atoms. The summed E-state index contributed by atoms with van der Waals surface area (Å²) in [7, 11) is 2.06. The predicted octanol–water partition coefficient (Wildman–Crippen LogP) is 4.03. The van der Waals surface area contributed by atoms with Gasteiger partial charge in [-0.25, -0.2) is 0 Å². The molecule has 0 aliphatic rings. The zero-order valence-electron chi connectivity index (χ0n) is 11.2. The standard InChI is InChI=1S/C16H18ClNO/c1-12(14-5-7-15(17)8-6-14)18(2)16-9-3-13(11-19)4-10-16/h3-10,12,19H,11H2,1-2H3. The molecule has 2 nitrogen and oxygen atoms in total. The Morgan fingerprint density at radius 3 is 2.16 bits per heavy atom. The first-order valence-electron chi connectivity index (χ1n) is 6.30. The summed E-state index contributed by atoms with van der Waals surface area (Å²) in [5.41, 5.74) is 3.27. The summed E-state index contributed by atoms with van der Waals surface area (Å²) in [5, 5.41) is 9.81. The fraction of sp³-hybridized carbons (Fsp3) is 0.250. The van der Waals surface area contributed by atoms with Crippen molar-refractivity contribution in [3.05, 3.63) is 64.7 Å². The van der Waals surface area contributed by atoms with Gasteiger partial charge in [0.25, 0.3) is 0 Å². The van der Waals surface area contributed by atoms with Crippen molar-refractivity contribution >= 4 is 17.3 Å². The highest BCUT2D eigenvalue weighted by Crippen LogP contribution is 2.26. The Labute approximate surface area is 119 Å². The quantitative estimate of drug-likeness (QED) is 0.911. The van der Waals surface area contributed by atoms with Gasteiger partial charge in [-0.2, -0.15) is 0 Å². The zero-order valence-corrected chi connectivity index (χ0v) is 11.9. The van der Waals surface area contributed by atoms with Crippen LogP contribution in [0.1, 0.15) is 24.1 Å². The molecule has 2 aromatic rings. The summed E-state index contributed by atoms with van der Waals surface area (Å²) in [4.78, 5) is 2.20. The maximum absolute atomic E-state index is 9.05. The molecule has 0 amide bonds. The first-order valence-corrected chi connectivity index (χ1v) is 6.67. The molecular weight excluding hydrogens is 258 g/mol. The lowest BCUT2D eigenvalue weighted by Gasteiger charge is -2.27. The minimum Gasteiger partial charge on any atom is -0.392 e. The summed E-state index contributed by atoms with van der Waals surface area (Å²) in [5.74, 6) is 0. The van der Waals surface area contributed by atoms with Crippen LogP contribution in [0.4, 0.5) is 5.69 Å². The Morgan fingerprint density at radius 2 is 1.63 bits per heavy atom. The normalized spacial score (nSPS) is 12.2. The van der Waals surface area contributed by atoms with Gasteiger partial charge in [-0.15, -0.1) is 0 Å². The lowest BCUT2D eigenvalue weighted by Crippen LogP contribution is -2.21. The molecular formula is C16H18ClNO. The predicted molar refractivity (Wildman–Crippen MR) is 80.6 cm³/mol. The minimum absolute atomic E-state index is 0.0801. The van der Waals surface area contributed by atoms with Crippen molar-refractivity contribution in [2.45, 2.75) is 19.6 Å². The van der Waals surface area contributed by atoms with E-state index in [0.29, 0.717) is 0 Å².